The summed E-state index contributed by atoms with van der Waals surface area (Å²) in [4.78, 5) is 12.1. The molecule has 110 valence electrons. The van der Waals surface area contributed by atoms with Crippen LogP contribution < -0.4 is 0 Å². The Kier molecular flexibility index (Phi) is 4.11. The summed E-state index contributed by atoms with van der Waals surface area (Å²) in [6, 6.07) is 8.52. The van der Waals surface area contributed by atoms with Crippen molar-refractivity contribution in [1.82, 2.24) is 0 Å². The van der Waals surface area contributed by atoms with Crippen LogP contribution in [0, 0.1) is 12.7 Å². The van der Waals surface area contributed by atoms with Crippen LogP contribution in [0.15, 0.2) is 42.5 Å². The zero-order chi connectivity index (χ0) is 15.6. The molecule has 0 unspecified atom stereocenters. The van der Waals surface area contributed by atoms with Crippen LogP contribution in [-0.4, -0.2) is 5.78 Å². The highest BCUT2D eigenvalue weighted by molar-refractivity contribution is 5.99. The van der Waals surface area contributed by atoms with E-state index < -0.39 is 28.9 Å². The Morgan fingerprint density at radius 2 is 1.76 bits per heavy atom. The Morgan fingerprint density at radius 3 is 2.43 bits per heavy atom. The predicted molar refractivity (Wildman–Crippen MR) is 70.6 cm³/mol. The first-order valence-electron chi connectivity index (χ1n) is 6.23. The molecule has 0 aliphatic heterocycles. The molecule has 2 aromatic rings. The summed E-state index contributed by atoms with van der Waals surface area (Å²) in [6.45, 7) is 1.68. The normalized spacial score (nSPS) is 11.5. The maximum atomic E-state index is 13.2. The van der Waals surface area contributed by atoms with Gasteiger partial charge in [-0.15, -0.1) is 0 Å². The van der Waals surface area contributed by atoms with Crippen molar-refractivity contribution in [2.45, 2.75) is 19.5 Å². The first kappa shape index (κ1) is 15.2. The molecule has 1 nitrogen and oxygen atoms in total. The molecule has 0 fully saturated rings. The van der Waals surface area contributed by atoms with Crippen LogP contribution in [0.25, 0.3) is 0 Å². The number of halogens is 4. The highest BCUT2D eigenvalue weighted by Gasteiger charge is 2.34. The first-order valence-corrected chi connectivity index (χ1v) is 6.23. The van der Waals surface area contributed by atoms with E-state index in [0.29, 0.717) is 11.1 Å². The number of Topliss-reactive ketones (excluding diaryl/α,β-unsaturated/α-hetero) is 1. The quantitative estimate of drug-likeness (QED) is 0.598. The standard InChI is InChI=1S/C16H12F4O/c1-10-6-7-12(17)8-11(10)9-15(21)13-4-2-3-5-14(13)16(18,19)20/h2-8H,9H2,1H3. The summed E-state index contributed by atoms with van der Waals surface area (Å²) in [5.41, 5.74) is -0.316. The second-order valence-electron chi connectivity index (χ2n) is 4.71. The minimum absolute atomic E-state index is 0.267. The van der Waals surface area contributed by atoms with E-state index in [9.17, 15) is 22.4 Å². The van der Waals surface area contributed by atoms with Crippen LogP contribution in [0.2, 0.25) is 0 Å². The Morgan fingerprint density at radius 1 is 1.10 bits per heavy atom. The number of alkyl halides is 3. The van der Waals surface area contributed by atoms with E-state index in [2.05, 4.69) is 0 Å². The topological polar surface area (TPSA) is 17.1 Å². The molecule has 0 radical (unpaired) electrons. The molecule has 2 rings (SSSR count). The van der Waals surface area contributed by atoms with Crippen molar-refractivity contribution in [2.24, 2.45) is 0 Å². The van der Waals surface area contributed by atoms with Crippen LogP contribution in [0.4, 0.5) is 17.6 Å². The van der Waals surface area contributed by atoms with Gasteiger partial charge in [-0.3, -0.25) is 4.79 Å². The molecule has 0 aliphatic rings. The minimum atomic E-state index is -4.59. The molecule has 2 aromatic carbocycles. The maximum Gasteiger partial charge on any atom is 0.417 e. The fraction of sp³-hybridized carbons (Fsp3) is 0.188. The summed E-state index contributed by atoms with van der Waals surface area (Å²) in [5, 5.41) is 0. The first-order chi connectivity index (χ1) is 9.79. The summed E-state index contributed by atoms with van der Waals surface area (Å²) >= 11 is 0. The number of benzene rings is 2. The SMILES string of the molecule is Cc1ccc(F)cc1CC(=O)c1ccccc1C(F)(F)F. The van der Waals surface area contributed by atoms with Crippen LogP contribution >= 0.6 is 0 Å². The fourth-order valence-electron chi connectivity index (χ4n) is 2.07. The van der Waals surface area contributed by atoms with Crippen molar-refractivity contribution in [3.8, 4) is 0 Å². The van der Waals surface area contributed by atoms with Gasteiger partial charge in [0, 0.05) is 12.0 Å². The summed E-state index contributed by atoms with van der Waals surface area (Å²) in [7, 11) is 0. The van der Waals surface area contributed by atoms with Gasteiger partial charge in [0.25, 0.3) is 0 Å². The molecule has 0 saturated heterocycles. The largest absolute Gasteiger partial charge is 0.417 e. The van der Waals surface area contributed by atoms with Gasteiger partial charge in [0.1, 0.15) is 5.82 Å². The van der Waals surface area contributed by atoms with Gasteiger partial charge >= 0.3 is 6.18 Å². The van der Waals surface area contributed by atoms with Gasteiger partial charge in [0.2, 0.25) is 0 Å². The van der Waals surface area contributed by atoms with E-state index in [1.165, 1.54) is 30.3 Å². The molecule has 0 aliphatic carbocycles. The molecule has 0 heterocycles. The lowest BCUT2D eigenvalue weighted by Gasteiger charge is -2.12. The molecule has 0 amide bonds. The minimum Gasteiger partial charge on any atom is -0.294 e. The van der Waals surface area contributed by atoms with Crippen LogP contribution in [0.5, 0.6) is 0 Å². The number of hydrogen-bond donors (Lipinski definition) is 0. The zero-order valence-corrected chi connectivity index (χ0v) is 11.2. The number of carbonyl (C=O) groups is 1. The van der Waals surface area contributed by atoms with Crippen LogP contribution in [-0.2, 0) is 12.6 Å². The second kappa shape index (κ2) is 5.68. The Bertz CT molecular complexity index is 674. The molecule has 0 N–H and O–H groups in total. The molecule has 0 atom stereocenters. The third-order valence-electron chi connectivity index (χ3n) is 3.20. The van der Waals surface area contributed by atoms with Crippen LogP contribution in [0.3, 0.4) is 0 Å². The smallest absolute Gasteiger partial charge is 0.294 e. The second-order valence-corrected chi connectivity index (χ2v) is 4.71. The third-order valence-corrected chi connectivity index (χ3v) is 3.20. The molecule has 0 aromatic heterocycles. The summed E-state index contributed by atoms with van der Waals surface area (Å²) in [6.07, 6.45) is -4.86. The lowest BCUT2D eigenvalue weighted by molar-refractivity contribution is -0.137. The van der Waals surface area contributed by atoms with Gasteiger partial charge < -0.3 is 0 Å². The van der Waals surface area contributed by atoms with E-state index in [0.717, 1.165) is 12.1 Å². The molecular formula is C16H12F4O. The fourth-order valence-corrected chi connectivity index (χ4v) is 2.07. The van der Waals surface area contributed by atoms with Crippen molar-refractivity contribution < 1.29 is 22.4 Å². The lowest BCUT2D eigenvalue weighted by atomic mass is 9.96. The van der Waals surface area contributed by atoms with Gasteiger partial charge in [-0.05, 0) is 36.2 Å². The van der Waals surface area contributed by atoms with Crippen molar-refractivity contribution >= 4 is 5.78 Å². The molecule has 0 spiro atoms. The highest BCUT2D eigenvalue weighted by atomic mass is 19.4. The van der Waals surface area contributed by atoms with Gasteiger partial charge in [-0.1, -0.05) is 24.3 Å². The summed E-state index contributed by atoms with van der Waals surface area (Å²) in [5.74, 6) is -1.20. The van der Waals surface area contributed by atoms with Gasteiger partial charge in [0.15, 0.2) is 5.78 Å². The third kappa shape index (κ3) is 3.48. The van der Waals surface area contributed by atoms with Crippen molar-refractivity contribution in [2.75, 3.05) is 0 Å². The highest BCUT2D eigenvalue weighted by Crippen LogP contribution is 2.32. The molecular weight excluding hydrogens is 284 g/mol. The van der Waals surface area contributed by atoms with E-state index in [4.69, 9.17) is 0 Å². The maximum absolute atomic E-state index is 13.2. The van der Waals surface area contributed by atoms with Gasteiger partial charge in [-0.2, -0.15) is 13.2 Å². The molecule has 0 bridgehead atoms. The summed E-state index contributed by atoms with van der Waals surface area (Å²) < 4.78 is 51.8. The number of rotatable bonds is 3. The predicted octanol–water partition coefficient (Wildman–Crippen LogP) is 4.58. The van der Waals surface area contributed by atoms with Gasteiger partial charge in [-0.25, -0.2) is 4.39 Å². The van der Waals surface area contributed by atoms with Crippen molar-refractivity contribution in [3.63, 3.8) is 0 Å². The Hall–Kier alpha value is -2.17. The Labute approximate surface area is 119 Å². The van der Waals surface area contributed by atoms with E-state index in [1.54, 1.807) is 6.92 Å². The van der Waals surface area contributed by atoms with E-state index in [1.807, 2.05) is 0 Å². The molecule has 5 heteroatoms. The number of aryl methyl sites for hydroxylation is 1. The van der Waals surface area contributed by atoms with E-state index >= 15 is 0 Å². The lowest BCUT2D eigenvalue weighted by Crippen LogP contribution is -2.14. The number of hydrogen-bond acceptors (Lipinski definition) is 1. The van der Waals surface area contributed by atoms with Crippen LogP contribution in [0.1, 0.15) is 27.0 Å². The number of ketones is 1. The Balaban J connectivity index is 2.36. The zero-order valence-electron chi connectivity index (χ0n) is 11.2. The monoisotopic (exact) mass is 296 g/mol. The average Bonchev–Trinajstić information content (AvgIpc) is 2.42. The van der Waals surface area contributed by atoms with Crippen molar-refractivity contribution in [3.05, 3.63) is 70.5 Å². The van der Waals surface area contributed by atoms with Crippen molar-refractivity contribution in [1.29, 1.82) is 0 Å². The number of carbonyl (C=O) groups excluding carboxylic acids is 1. The average molecular weight is 296 g/mol. The molecule has 21 heavy (non-hydrogen) atoms. The van der Waals surface area contributed by atoms with E-state index in [-0.39, 0.29) is 6.42 Å². The van der Waals surface area contributed by atoms with Gasteiger partial charge in [0.05, 0.1) is 5.56 Å². The molecule has 0 saturated carbocycles.